The van der Waals surface area contributed by atoms with Crippen LogP contribution in [0.2, 0.25) is 0 Å². The fourth-order valence-electron chi connectivity index (χ4n) is 3.47. The Hall–Kier alpha value is -1.39. The standard InChI is InChI=1S/C13H17NO4/c15-11(16)6-10(7-4-5-7)14-12(17)8-2-1-3-9(8)13(14)18/h7-10H,1-6H2,(H,15,16). The molecule has 18 heavy (non-hydrogen) atoms. The van der Waals surface area contributed by atoms with Crippen LogP contribution in [0.25, 0.3) is 0 Å². The third-order valence-corrected chi connectivity index (χ3v) is 4.51. The van der Waals surface area contributed by atoms with Crippen LogP contribution < -0.4 is 0 Å². The molecule has 0 radical (unpaired) electrons. The van der Waals surface area contributed by atoms with E-state index in [4.69, 9.17) is 5.11 Å². The summed E-state index contributed by atoms with van der Waals surface area (Å²) in [6.45, 7) is 0. The summed E-state index contributed by atoms with van der Waals surface area (Å²) >= 11 is 0. The molecule has 1 N–H and O–H groups in total. The molecule has 3 atom stereocenters. The van der Waals surface area contributed by atoms with Gasteiger partial charge in [0.15, 0.2) is 0 Å². The van der Waals surface area contributed by atoms with Crippen molar-refractivity contribution in [2.24, 2.45) is 17.8 Å². The second-order valence-electron chi connectivity index (χ2n) is 5.69. The van der Waals surface area contributed by atoms with Crippen molar-refractivity contribution in [3.05, 3.63) is 0 Å². The van der Waals surface area contributed by atoms with E-state index in [1.54, 1.807) is 0 Å². The molecule has 3 fully saturated rings. The van der Waals surface area contributed by atoms with Gasteiger partial charge in [0.25, 0.3) is 0 Å². The van der Waals surface area contributed by atoms with Crippen LogP contribution in [0.3, 0.4) is 0 Å². The highest BCUT2D eigenvalue weighted by atomic mass is 16.4. The van der Waals surface area contributed by atoms with E-state index in [-0.39, 0.29) is 36.0 Å². The SMILES string of the molecule is O=C(O)CC(C1CC1)N1C(=O)C2CCCC2C1=O. The maximum atomic E-state index is 12.3. The molecule has 0 aromatic rings. The summed E-state index contributed by atoms with van der Waals surface area (Å²) in [4.78, 5) is 36.7. The molecule has 1 aliphatic heterocycles. The minimum absolute atomic E-state index is 0.0956. The van der Waals surface area contributed by atoms with E-state index in [1.165, 1.54) is 4.90 Å². The van der Waals surface area contributed by atoms with Crippen LogP contribution in [0.1, 0.15) is 38.5 Å². The minimum atomic E-state index is -0.926. The number of carbonyl (C=O) groups is 3. The Morgan fingerprint density at radius 3 is 2.17 bits per heavy atom. The zero-order valence-corrected chi connectivity index (χ0v) is 10.2. The molecule has 5 heteroatoms. The Morgan fingerprint density at radius 2 is 1.72 bits per heavy atom. The van der Waals surface area contributed by atoms with E-state index >= 15 is 0 Å². The number of rotatable bonds is 4. The van der Waals surface area contributed by atoms with Gasteiger partial charge in [0.2, 0.25) is 11.8 Å². The maximum Gasteiger partial charge on any atom is 0.305 e. The quantitative estimate of drug-likeness (QED) is 0.757. The molecule has 0 aromatic carbocycles. The van der Waals surface area contributed by atoms with Crippen molar-refractivity contribution in [1.29, 1.82) is 0 Å². The third kappa shape index (κ3) is 1.72. The number of amides is 2. The molecule has 3 unspecified atom stereocenters. The van der Waals surface area contributed by atoms with Crippen LogP contribution in [0.4, 0.5) is 0 Å². The molecular weight excluding hydrogens is 234 g/mol. The van der Waals surface area contributed by atoms with Gasteiger partial charge in [-0.1, -0.05) is 6.42 Å². The largest absolute Gasteiger partial charge is 0.481 e. The van der Waals surface area contributed by atoms with Gasteiger partial charge < -0.3 is 5.11 Å². The average Bonchev–Trinajstić information content (AvgIpc) is 2.98. The molecule has 2 aliphatic carbocycles. The second kappa shape index (κ2) is 4.07. The van der Waals surface area contributed by atoms with Crippen LogP contribution in [0.5, 0.6) is 0 Å². The summed E-state index contributed by atoms with van der Waals surface area (Å²) in [7, 11) is 0. The minimum Gasteiger partial charge on any atom is -0.481 e. The van der Waals surface area contributed by atoms with Crippen molar-refractivity contribution in [1.82, 2.24) is 4.90 Å². The lowest BCUT2D eigenvalue weighted by Gasteiger charge is -2.26. The number of likely N-dealkylation sites (tertiary alicyclic amines) is 1. The van der Waals surface area contributed by atoms with Gasteiger partial charge in [-0.2, -0.15) is 0 Å². The first-order valence-electron chi connectivity index (χ1n) is 6.68. The molecule has 5 nitrogen and oxygen atoms in total. The smallest absolute Gasteiger partial charge is 0.305 e. The van der Waals surface area contributed by atoms with Gasteiger partial charge in [-0.25, -0.2) is 0 Å². The summed E-state index contributed by atoms with van der Waals surface area (Å²) in [6, 6.07) is -0.395. The summed E-state index contributed by atoms with van der Waals surface area (Å²) in [6.07, 6.45) is 4.29. The number of hydrogen-bond acceptors (Lipinski definition) is 3. The number of carboxylic acids is 1. The zero-order valence-electron chi connectivity index (χ0n) is 10.2. The van der Waals surface area contributed by atoms with E-state index < -0.39 is 12.0 Å². The topological polar surface area (TPSA) is 74.7 Å². The zero-order chi connectivity index (χ0) is 12.9. The van der Waals surface area contributed by atoms with Gasteiger partial charge in [0.05, 0.1) is 24.3 Å². The van der Waals surface area contributed by atoms with E-state index in [2.05, 4.69) is 0 Å². The Bertz CT molecular complexity index is 393. The number of nitrogens with zero attached hydrogens (tertiary/aromatic N) is 1. The molecule has 2 amide bonds. The van der Waals surface area contributed by atoms with Crippen molar-refractivity contribution in [3.63, 3.8) is 0 Å². The summed E-state index contributed by atoms with van der Waals surface area (Å²) in [5.41, 5.74) is 0. The molecule has 3 aliphatic rings. The van der Waals surface area contributed by atoms with Crippen molar-refractivity contribution in [2.45, 2.75) is 44.6 Å². The third-order valence-electron chi connectivity index (χ3n) is 4.51. The van der Waals surface area contributed by atoms with Gasteiger partial charge in [0, 0.05) is 0 Å². The summed E-state index contributed by atoms with van der Waals surface area (Å²) in [5.74, 6) is -1.25. The first-order chi connectivity index (χ1) is 8.59. The van der Waals surface area contributed by atoms with Gasteiger partial charge in [0.1, 0.15) is 0 Å². The molecular formula is C13H17NO4. The highest BCUT2D eigenvalue weighted by molar-refractivity contribution is 6.06. The molecule has 2 saturated carbocycles. The van der Waals surface area contributed by atoms with Crippen LogP contribution in [0.15, 0.2) is 0 Å². The number of aliphatic carboxylic acids is 1. The van der Waals surface area contributed by atoms with E-state index in [0.717, 1.165) is 32.1 Å². The number of fused-ring (bicyclic) bond motifs is 1. The monoisotopic (exact) mass is 251 g/mol. The van der Waals surface area contributed by atoms with Crippen molar-refractivity contribution < 1.29 is 19.5 Å². The molecule has 0 aromatic heterocycles. The molecule has 1 heterocycles. The number of imide groups is 1. The first kappa shape index (κ1) is 11.7. The fourth-order valence-corrected chi connectivity index (χ4v) is 3.47. The molecule has 0 bridgehead atoms. The Morgan fingerprint density at radius 1 is 1.17 bits per heavy atom. The molecule has 98 valence electrons. The van der Waals surface area contributed by atoms with Gasteiger partial charge >= 0.3 is 5.97 Å². The number of carbonyl (C=O) groups excluding carboxylic acids is 2. The predicted molar refractivity (Wildman–Crippen MR) is 61.4 cm³/mol. The van der Waals surface area contributed by atoms with Gasteiger partial charge in [-0.05, 0) is 31.6 Å². The summed E-state index contributed by atoms with van der Waals surface area (Å²) in [5, 5.41) is 8.95. The molecule has 0 spiro atoms. The van der Waals surface area contributed by atoms with E-state index in [1.807, 2.05) is 0 Å². The second-order valence-corrected chi connectivity index (χ2v) is 5.69. The van der Waals surface area contributed by atoms with Crippen LogP contribution in [-0.2, 0) is 14.4 Å². The van der Waals surface area contributed by atoms with Crippen LogP contribution >= 0.6 is 0 Å². The van der Waals surface area contributed by atoms with Gasteiger partial charge in [-0.3, -0.25) is 19.3 Å². The Balaban J connectivity index is 1.83. The summed E-state index contributed by atoms with van der Waals surface area (Å²) < 4.78 is 0. The van der Waals surface area contributed by atoms with Crippen molar-refractivity contribution >= 4 is 17.8 Å². The first-order valence-corrected chi connectivity index (χ1v) is 6.68. The van der Waals surface area contributed by atoms with Crippen LogP contribution in [0, 0.1) is 17.8 Å². The Kier molecular flexibility index (Phi) is 2.64. The highest BCUT2D eigenvalue weighted by Gasteiger charge is 2.54. The molecule has 1 saturated heterocycles. The van der Waals surface area contributed by atoms with E-state index in [0.29, 0.717) is 0 Å². The number of carboxylic acid groups (broad SMARTS) is 1. The van der Waals surface area contributed by atoms with Crippen molar-refractivity contribution in [2.75, 3.05) is 0 Å². The highest BCUT2D eigenvalue weighted by Crippen LogP contribution is 2.45. The lowest BCUT2D eigenvalue weighted by molar-refractivity contribution is -0.146. The number of hydrogen-bond donors (Lipinski definition) is 1. The lowest BCUT2D eigenvalue weighted by Crippen LogP contribution is -2.43. The van der Waals surface area contributed by atoms with E-state index in [9.17, 15) is 14.4 Å². The van der Waals surface area contributed by atoms with Crippen LogP contribution in [-0.4, -0.2) is 33.8 Å². The normalized spacial score (nSPS) is 32.8. The maximum absolute atomic E-state index is 12.3. The Labute approximate surface area is 105 Å². The lowest BCUT2D eigenvalue weighted by atomic mass is 10.00. The predicted octanol–water partition coefficient (Wildman–Crippen LogP) is 1.02. The average molecular weight is 251 g/mol. The van der Waals surface area contributed by atoms with Crippen molar-refractivity contribution in [3.8, 4) is 0 Å². The van der Waals surface area contributed by atoms with Gasteiger partial charge in [-0.15, -0.1) is 0 Å². The molecule has 3 rings (SSSR count). The fraction of sp³-hybridized carbons (Fsp3) is 0.769.